The van der Waals surface area contributed by atoms with E-state index < -0.39 is 12.0 Å². The fraction of sp³-hybridized carbons (Fsp3) is 0.222. The molecule has 0 aromatic heterocycles. The number of carbonyl (C=O) groups is 1. The number of fused-ring (bicyclic) bond motifs is 1. The fourth-order valence-corrected chi connectivity index (χ4v) is 1.52. The highest BCUT2D eigenvalue weighted by atomic mass is 16.4. The van der Waals surface area contributed by atoms with E-state index in [1.54, 1.807) is 0 Å². The number of nitrogens with one attached hydrogen (secondary N) is 1. The van der Waals surface area contributed by atoms with E-state index in [1.165, 1.54) is 0 Å². The number of carboxylic acid groups (broad SMARTS) is 1. The molecule has 1 atom stereocenters. The van der Waals surface area contributed by atoms with Crippen LogP contribution in [0.2, 0.25) is 0 Å². The zero-order valence-corrected chi connectivity index (χ0v) is 6.45. The lowest BCUT2D eigenvalue weighted by molar-refractivity contribution is -0.139. The Labute approximate surface area is 70.0 Å². The van der Waals surface area contributed by atoms with E-state index in [0.29, 0.717) is 6.54 Å². The van der Waals surface area contributed by atoms with E-state index >= 15 is 0 Å². The maximum atomic E-state index is 10.7. The van der Waals surface area contributed by atoms with Crippen LogP contribution in [-0.2, 0) is 11.3 Å². The Hall–Kier alpha value is -1.35. The van der Waals surface area contributed by atoms with E-state index in [9.17, 15) is 4.79 Å². The quantitative estimate of drug-likeness (QED) is 0.647. The molecule has 1 aromatic rings. The summed E-state index contributed by atoms with van der Waals surface area (Å²) in [7, 11) is 0. The lowest BCUT2D eigenvalue weighted by Gasteiger charge is -2.04. The molecule has 0 fully saturated rings. The molecule has 0 saturated carbocycles. The van der Waals surface area contributed by atoms with E-state index in [-0.39, 0.29) is 0 Å². The molecule has 0 amide bonds. The first kappa shape index (κ1) is 7.31. The number of carboxylic acids is 1. The van der Waals surface area contributed by atoms with E-state index in [2.05, 4.69) is 5.32 Å². The zero-order valence-electron chi connectivity index (χ0n) is 6.45. The molecule has 62 valence electrons. The summed E-state index contributed by atoms with van der Waals surface area (Å²) in [6, 6.07) is 7.08. The number of hydrogen-bond acceptors (Lipinski definition) is 2. The average Bonchev–Trinajstić information content (AvgIpc) is 2.47. The summed E-state index contributed by atoms with van der Waals surface area (Å²) >= 11 is 0. The van der Waals surface area contributed by atoms with Crippen molar-refractivity contribution < 1.29 is 9.90 Å². The molecule has 0 aliphatic carbocycles. The second-order valence-corrected chi connectivity index (χ2v) is 2.85. The average molecular weight is 163 g/mol. The van der Waals surface area contributed by atoms with Gasteiger partial charge in [-0.15, -0.1) is 0 Å². The third-order valence-electron chi connectivity index (χ3n) is 2.11. The van der Waals surface area contributed by atoms with E-state index in [4.69, 9.17) is 5.11 Å². The molecule has 0 saturated heterocycles. The second kappa shape index (κ2) is 2.60. The Balaban J connectivity index is 2.42. The highest BCUT2D eigenvalue weighted by Gasteiger charge is 2.26. The lowest BCUT2D eigenvalue weighted by Crippen LogP contribution is -2.21. The topological polar surface area (TPSA) is 49.3 Å². The van der Waals surface area contributed by atoms with Crippen molar-refractivity contribution in [2.45, 2.75) is 12.6 Å². The van der Waals surface area contributed by atoms with Gasteiger partial charge in [0, 0.05) is 6.54 Å². The number of rotatable bonds is 1. The summed E-state index contributed by atoms with van der Waals surface area (Å²) in [6.45, 7) is 0.660. The van der Waals surface area contributed by atoms with Gasteiger partial charge in [0.1, 0.15) is 6.04 Å². The molecule has 3 nitrogen and oxygen atoms in total. The predicted molar refractivity (Wildman–Crippen MR) is 43.7 cm³/mol. The SMILES string of the molecule is O=C(O)[C@@H]1NCc2ccccc21. The van der Waals surface area contributed by atoms with Crippen LogP contribution in [0.3, 0.4) is 0 Å². The van der Waals surface area contributed by atoms with Crippen molar-refractivity contribution in [2.75, 3.05) is 0 Å². The summed E-state index contributed by atoms with van der Waals surface area (Å²) in [5.41, 5.74) is 1.98. The lowest BCUT2D eigenvalue weighted by atomic mass is 10.1. The molecule has 0 radical (unpaired) electrons. The Morgan fingerprint density at radius 2 is 2.25 bits per heavy atom. The van der Waals surface area contributed by atoms with Crippen LogP contribution in [0, 0.1) is 0 Å². The second-order valence-electron chi connectivity index (χ2n) is 2.85. The summed E-state index contributed by atoms with van der Waals surface area (Å²) in [5, 5.41) is 11.7. The van der Waals surface area contributed by atoms with Gasteiger partial charge in [-0.25, -0.2) is 0 Å². The molecule has 0 unspecified atom stereocenters. The molecule has 12 heavy (non-hydrogen) atoms. The van der Waals surface area contributed by atoms with Gasteiger partial charge in [0.25, 0.3) is 0 Å². The van der Waals surface area contributed by atoms with E-state index in [1.807, 2.05) is 24.3 Å². The van der Waals surface area contributed by atoms with Crippen LogP contribution >= 0.6 is 0 Å². The van der Waals surface area contributed by atoms with Crippen LogP contribution in [0.1, 0.15) is 17.2 Å². The molecular formula is C9H9NO2. The van der Waals surface area contributed by atoms with Crippen LogP contribution in [0.25, 0.3) is 0 Å². The Morgan fingerprint density at radius 1 is 1.50 bits per heavy atom. The number of hydrogen-bond donors (Lipinski definition) is 2. The van der Waals surface area contributed by atoms with Crippen LogP contribution in [0.15, 0.2) is 24.3 Å². The van der Waals surface area contributed by atoms with Gasteiger partial charge in [-0.2, -0.15) is 0 Å². The van der Waals surface area contributed by atoms with Crippen molar-refractivity contribution >= 4 is 5.97 Å². The summed E-state index contributed by atoms with van der Waals surface area (Å²) < 4.78 is 0. The number of benzene rings is 1. The van der Waals surface area contributed by atoms with Gasteiger partial charge in [-0.3, -0.25) is 10.1 Å². The Bertz CT molecular complexity index is 322. The van der Waals surface area contributed by atoms with Crippen molar-refractivity contribution in [3.8, 4) is 0 Å². The van der Waals surface area contributed by atoms with E-state index in [0.717, 1.165) is 11.1 Å². The smallest absolute Gasteiger partial charge is 0.325 e. The first-order chi connectivity index (χ1) is 5.79. The zero-order chi connectivity index (χ0) is 8.55. The summed E-state index contributed by atoms with van der Waals surface area (Å²) in [4.78, 5) is 10.7. The molecule has 2 N–H and O–H groups in total. The maximum absolute atomic E-state index is 10.7. The fourth-order valence-electron chi connectivity index (χ4n) is 1.52. The maximum Gasteiger partial charge on any atom is 0.325 e. The molecule has 1 aliphatic heterocycles. The van der Waals surface area contributed by atoms with Gasteiger partial charge in [0.2, 0.25) is 0 Å². The molecule has 0 spiro atoms. The van der Waals surface area contributed by atoms with Crippen molar-refractivity contribution in [3.05, 3.63) is 35.4 Å². The highest BCUT2D eigenvalue weighted by molar-refractivity contribution is 5.77. The van der Waals surface area contributed by atoms with Crippen molar-refractivity contribution in [1.29, 1.82) is 0 Å². The van der Waals surface area contributed by atoms with Crippen molar-refractivity contribution in [1.82, 2.24) is 5.32 Å². The predicted octanol–water partition coefficient (Wildman–Crippen LogP) is 0.915. The normalized spacial score (nSPS) is 20.5. The van der Waals surface area contributed by atoms with Gasteiger partial charge in [0.05, 0.1) is 0 Å². The molecule has 3 heteroatoms. The Morgan fingerprint density at radius 3 is 3.00 bits per heavy atom. The van der Waals surface area contributed by atoms with Crippen LogP contribution in [0.4, 0.5) is 0 Å². The molecule has 1 aliphatic rings. The van der Waals surface area contributed by atoms with Gasteiger partial charge < -0.3 is 5.11 Å². The van der Waals surface area contributed by atoms with Gasteiger partial charge in [-0.05, 0) is 11.1 Å². The van der Waals surface area contributed by atoms with Gasteiger partial charge in [-0.1, -0.05) is 24.3 Å². The largest absolute Gasteiger partial charge is 0.480 e. The third kappa shape index (κ3) is 0.987. The Kier molecular flexibility index (Phi) is 1.59. The standard InChI is InChI=1S/C9H9NO2/c11-9(12)8-7-4-2-1-3-6(7)5-10-8/h1-4,8,10H,5H2,(H,11,12)/t8-/m1/s1. The minimum Gasteiger partial charge on any atom is -0.480 e. The van der Waals surface area contributed by atoms with Crippen molar-refractivity contribution in [2.24, 2.45) is 0 Å². The van der Waals surface area contributed by atoms with Crippen molar-refractivity contribution in [3.63, 3.8) is 0 Å². The monoisotopic (exact) mass is 163 g/mol. The first-order valence-electron chi connectivity index (χ1n) is 3.83. The van der Waals surface area contributed by atoms with Crippen LogP contribution < -0.4 is 5.32 Å². The first-order valence-corrected chi connectivity index (χ1v) is 3.83. The molecule has 0 bridgehead atoms. The molecule has 1 aromatic carbocycles. The highest BCUT2D eigenvalue weighted by Crippen LogP contribution is 2.24. The van der Waals surface area contributed by atoms with Crippen LogP contribution in [-0.4, -0.2) is 11.1 Å². The molecule has 2 rings (SSSR count). The summed E-state index contributed by atoms with van der Waals surface area (Å²) in [6.07, 6.45) is 0. The van der Waals surface area contributed by atoms with Crippen LogP contribution in [0.5, 0.6) is 0 Å². The minimum absolute atomic E-state index is 0.513. The molecule has 1 heterocycles. The third-order valence-corrected chi connectivity index (χ3v) is 2.11. The van der Waals surface area contributed by atoms with Gasteiger partial charge >= 0.3 is 5.97 Å². The minimum atomic E-state index is -0.806. The number of aliphatic carboxylic acids is 1. The van der Waals surface area contributed by atoms with Gasteiger partial charge in [0.15, 0.2) is 0 Å². The summed E-state index contributed by atoms with van der Waals surface area (Å²) in [5.74, 6) is -0.806. The molecular weight excluding hydrogens is 154 g/mol.